The molecular weight excluding hydrogens is 226 g/mol. The molecule has 0 saturated carbocycles. The van der Waals surface area contributed by atoms with Crippen LogP contribution in [0.2, 0.25) is 0 Å². The molecule has 0 aromatic carbocycles. The maximum Gasteiger partial charge on any atom is 0.328 e. The van der Waals surface area contributed by atoms with Crippen LogP contribution in [0, 0.1) is 0 Å². The summed E-state index contributed by atoms with van der Waals surface area (Å²) in [5.74, 6) is -1.61. The van der Waals surface area contributed by atoms with Gasteiger partial charge in [0.15, 0.2) is 0 Å². The van der Waals surface area contributed by atoms with Crippen LogP contribution in [-0.2, 0) is 22.7 Å². The third-order valence-corrected chi connectivity index (χ3v) is 2.31. The first-order chi connectivity index (χ1) is 7.95. The Hall–Kier alpha value is -2.05. The highest BCUT2D eigenvalue weighted by molar-refractivity contribution is 5.81. The zero-order chi connectivity index (χ0) is 13.0. The molecule has 0 aliphatic rings. The van der Waals surface area contributed by atoms with Crippen molar-refractivity contribution in [3.05, 3.63) is 22.9 Å². The van der Waals surface area contributed by atoms with E-state index in [-0.39, 0.29) is 12.2 Å². The van der Waals surface area contributed by atoms with Gasteiger partial charge in [0, 0.05) is 25.9 Å². The number of carboxylic acid groups (broad SMARTS) is 1. The minimum atomic E-state index is -1.17. The van der Waals surface area contributed by atoms with Gasteiger partial charge in [0.05, 0.1) is 6.54 Å². The Morgan fingerprint density at radius 2 is 2.00 bits per heavy atom. The molecule has 0 aliphatic carbocycles. The Labute approximate surface area is 97.7 Å². The van der Waals surface area contributed by atoms with Crippen LogP contribution in [-0.4, -0.2) is 32.2 Å². The number of amides is 1. The first kappa shape index (κ1) is 13.0. The number of hydrogen-bond acceptors (Lipinski definition) is 3. The SMILES string of the molecule is CCn1ccn(CC(NC(C)=O)C(=O)O)c1=O. The highest BCUT2D eigenvalue weighted by Crippen LogP contribution is 1.92. The molecule has 0 fully saturated rings. The molecule has 0 radical (unpaired) electrons. The molecule has 1 amide bonds. The van der Waals surface area contributed by atoms with Crippen molar-refractivity contribution in [2.24, 2.45) is 0 Å². The number of carboxylic acids is 1. The standard InChI is InChI=1S/C10H15N3O4/c1-3-12-4-5-13(10(12)17)6-8(9(15)16)11-7(2)14/h4-5,8H,3,6H2,1-2H3,(H,11,14)(H,15,16). The summed E-state index contributed by atoms with van der Waals surface area (Å²) >= 11 is 0. The van der Waals surface area contributed by atoms with Gasteiger partial charge in [-0.25, -0.2) is 9.59 Å². The van der Waals surface area contributed by atoms with Gasteiger partial charge in [-0.1, -0.05) is 0 Å². The fourth-order valence-electron chi connectivity index (χ4n) is 1.46. The number of carbonyl (C=O) groups is 2. The third kappa shape index (κ3) is 3.20. The summed E-state index contributed by atoms with van der Waals surface area (Å²) in [5, 5.41) is 11.2. The fraction of sp³-hybridized carbons (Fsp3) is 0.500. The fourth-order valence-corrected chi connectivity index (χ4v) is 1.46. The first-order valence-electron chi connectivity index (χ1n) is 5.21. The van der Waals surface area contributed by atoms with Gasteiger partial charge < -0.3 is 10.4 Å². The minimum Gasteiger partial charge on any atom is -0.480 e. The number of aromatic nitrogens is 2. The highest BCUT2D eigenvalue weighted by atomic mass is 16.4. The van der Waals surface area contributed by atoms with Crippen LogP contribution in [0.3, 0.4) is 0 Å². The average molecular weight is 241 g/mol. The molecule has 1 heterocycles. The lowest BCUT2D eigenvalue weighted by Crippen LogP contribution is -2.44. The predicted octanol–water partition coefficient (Wildman–Crippen LogP) is -0.741. The molecule has 1 aromatic heterocycles. The van der Waals surface area contributed by atoms with Crippen molar-refractivity contribution in [2.45, 2.75) is 33.0 Å². The van der Waals surface area contributed by atoms with Crippen LogP contribution in [0.1, 0.15) is 13.8 Å². The number of carbonyl (C=O) groups excluding carboxylic acids is 1. The van der Waals surface area contributed by atoms with E-state index in [1.165, 1.54) is 22.3 Å². The van der Waals surface area contributed by atoms with Gasteiger partial charge in [0.25, 0.3) is 0 Å². The van der Waals surface area contributed by atoms with E-state index in [1.807, 2.05) is 6.92 Å². The Morgan fingerprint density at radius 3 is 2.41 bits per heavy atom. The first-order valence-corrected chi connectivity index (χ1v) is 5.21. The van der Waals surface area contributed by atoms with Crippen molar-refractivity contribution >= 4 is 11.9 Å². The molecule has 1 unspecified atom stereocenters. The Bertz CT molecular complexity index is 474. The molecule has 0 spiro atoms. The number of nitrogens with zero attached hydrogens (tertiary/aromatic N) is 2. The maximum atomic E-state index is 11.7. The number of aryl methyl sites for hydroxylation is 1. The second kappa shape index (κ2) is 5.33. The smallest absolute Gasteiger partial charge is 0.328 e. The lowest BCUT2D eigenvalue weighted by Gasteiger charge is -2.13. The van der Waals surface area contributed by atoms with Crippen molar-refractivity contribution in [1.29, 1.82) is 0 Å². The van der Waals surface area contributed by atoms with Crippen molar-refractivity contribution in [2.75, 3.05) is 0 Å². The van der Waals surface area contributed by atoms with Crippen LogP contribution in [0.4, 0.5) is 0 Å². The van der Waals surface area contributed by atoms with Gasteiger partial charge in [0.1, 0.15) is 6.04 Å². The summed E-state index contributed by atoms with van der Waals surface area (Å²) in [5.41, 5.74) is -0.288. The van der Waals surface area contributed by atoms with E-state index in [4.69, 9.17) is 5.11 Å². The van der Waals surface area contributed by atoms with Crippen molar-refractivity contribution < 1.29 is 14.7 Å². The predicted molar refractivity (Wildman–Crippen MR) is 59.6 cm³/mol. The number of imidazole rings is 1. The average Bonchev–Trinajstić information content (AvgIpc) is 2.58. The molecule has 0 bridgehead atoms. The van der Waals surface area contributed by atoms with Crippen LogP contribution < -0.4 is 11.0 Å². The second-order valence-electron chi connectivity index (χ2n) is 3.61. The lowest BCUT2D eigenvalue weighted by molar-refractivity contribution is -0.141. The number of aliphatic carboxylic acids is 1. The molecule has 2 N–H and O–H groups in total. The maximum absolute atomic E-state index is 11.7. The molecule has 1 rings (SSSR count). The lowest BCUT2D eigenvalue weighted by atomic mass is 10.3. The molecule has 0 aliphatic heterocycles. The van der Waals surface area contributed by atoms with Gasteiger partial charge >= 0.3 is 11.7 Å². The second-order valence-corrected chi connectivity index (χ2v) is 3.61. The van der Waals surface area contributed by atoms with Crippen molar-refractivity contribution in [3.63, 3.8) is 0 Å². The normalized spacial score (nSPS) is 12.1. The third-order valence-electron chi connectivity index (χ3n) is 2.31. The van der Waals surface area contributed by atoms with E-state index < -0.39 is 17.9 Å². The molecule has 17 heavy (non-hydrogen) atoms. The van der Waals surface area contributed by atoms with Gasteiger partial charge in [-0.15, -0.1) is 0 Å². The zero-order valence-corrected chi connectivity index (χ0v) is 9.71. The highest BCUT2D eigenvalue weighted by Gasteiger charge is 2.19. The van der Waals surface area contributed by atoms with Gasteiger partial charge in [-0.2, -0.15) is 0 Å². The van der Waals surface area contributed by atoms with Gasteiger partial charge in [-0.05, 0) is 6.92 Å². The van der Waals surface area contributed by atoms with Crippen molar-refractivity contribution in [3.8, 4) is 0 Å². The Morgan fingerprint density at radius 1 is 1.41 bits per heavy atom. The molecule has 0 saturated heterocycles. The van der Waals surface area contributed by atoms with Gasteiger partial charge in [0.2, 0.25) is 5.91 Å². The molecular formula is C10H15N3O4. The molecule has 1 aromatic rings. The summed E-state index contributed by atoms with van der Waals surface area (Å²) < 4.78 is 2.71. The summed E-state index contributed by atoms with van der Waals surface area (Å²) in [4.78, 5) is 33.4. The van der Waals surface area contributed by atoms with E-state index in [0.717, 1.165) is 0 Å². The molecule has 94 valence electrons. The zero-order valence-electron chi connectivity index (χ0n) is 9.71. The van der Waals surface area contributed by atoms with Crippen LogP contribution >= 0.6 is 0 Å². The Balaban J connectivity index is 2.86. The Kier molecular flexibility index (Phi) is 4.08. The summed E-state index contributed by atoms with van der Waals surface area (Å²) in [6.45, 7) is 3.48. The monoisotopic (exact) mass is 241 g/mol. The topological polar surface area (TPSA) is 93.3 Å². The molecule has 7 nitrogen and oxygen atoms in total. The summed E-state index contributed by atoms with van der Waals surface area (Å²) in [7, 11) is 0. The molecule has 1 atom stereocenters. The van der Waals surface area contributed by atoms with Crippen LogP contribution in [0.5, 0.6) is 0 Å². The minimum absolute atomic E-state index is 0.0826. The van der Waals surface area contributed by atoms with Crippen LogP contribution in [0.15, 0.2) is 17.2 Å². The quantitative estimate of drug-likeness (QED) is 0.710. The van der Waals surface area contributed by atoms with Crippen LogP contribution in [0.25, 0.3) is 0 Å². The summed E-state index contributed by atoms with van der Waals surface area (Å²) in [6, 6.07) is -1.10. The number of nitrogens with one attached hydrogen (secondary N) is 1. The van der Waals surface area contributed by atoms with E-state index in [1.54, 1.807) is 6.20 Å². The van der Waals surface area contributed by atoms with E-state index >= 15 is 0 Å². The van der Waals surface area contributed by atoms with E-state index in [2.05, 4.69) is 5.32 Å². The summed E-state index contributed by atoms with van der Waals surface area (Å²) in [6.07, 6.45) is 3.08. The molecule has 7 heteroatoms. The number of rotatable bonds is 5. The number of hydrogen-bond donors (Lipinski definition) is 2. The van der Waals surface area contributed by atoms with Crippen molar-refractivity contribution in [1.82, 2.24) is 14.5 Å². The van der Waals surface area contributed by atoms with E-state index in [0.29, 0.717) is 6.54 Å². The van der Waals surface area contributed by atoms with Gasteiger partial charge in [-0.3, -0.25) is 13.9 Å². The van der Waals surface area contributed by atoms with E-state index in [9.17, 15) is 14.4 Å². The largest absolute Gasteiger partial charge is 0.480 e.